The molecule has 4 rings (SSSR count). The predicted molar refractivity (Wildman–Crippen MR) is 108 cm³/mol. The van der Waals surface area contributed by atoms with Crippen LogP contribution in [0.5, 0.6) is 0 Å². The van der Waals surface area contributed by atoms with Crippen molar-refractivity contribution in [3.05, 3.63) is 34.6 Å². The fourth-order valence-electron chi connectivity index (χ4n) is 4.72. The van der Waals surface area contributed by atoms with Crippen molar-refractivity contribution in [2.24, 2.45) is 11.8 Å². The molecule has 0 aliphatic carbocycles. The highest BCUT2D eigenvalue weighted by Crippen LogP contribution is 2.23. The highest BCUT2D eigenvalue weighted by molar-refractivity contribution is 5.78. The molecule has 1 aromatic heterocycles. The maximum Gasteiger partial charge on any atom is 0.277 e. The molecule has 2 fully saturated rings. The fraction of sp³-hybridized carbons (Fsp3) is 0.619. The largest absolute Gasteiger partial charge is 0.341 e. The Hall–Kier alpha value is -2.28. The number of piperidine rings is 2. The average molecular weight is 383 g/mol. The van der Waals surface area contributed by atoms with Gasteiger partial charge in [0.15, 0.2) is 0 Å². The van der Waals surface area contributed by atoms with Crippen LogP contribution in [0.4, 0.5) is 0 Å². The van der Waals surface area contributed by atoms with Gasteiger partial charge in [-0.3, -0.25) is 14.5 Å². The van der Waals surface area contributed by atoms with Crippen molar-refractivity contribution in [3.8, 4) is 0 Å². The smallest absolute Gasteiger partial charge is 0.277 e. The van der Waals surface area contributed by atoms with Gasteiger partial charge in [0.1, 0.15) is 5.52 Å². The Balaban J connectivity index is 1.37. The van der Waals surface area contributed by atoms with E-state index in [9.17, 15) is 9.59 Å². The topological polar surface area (TPSA) is 71.3 Å². The number of rotatable bonds is 3. The molecule has 0 radical (unpaired) electrons. The summed E-state index contributed by atoms with van der Waals surface area (Å²) >= 11 is 0. The summed E-state index contributed by atoms with van der Waals surface area (Å²) in [6.07, 6.45) is 2.83. The zero-order chi connectivity index (χ0) is 19.7. The first-order chi connectivity index (χ1) is 13.5. The minimum Gasteiger partial charge on any atom is -0.341 e. The number of likely N-dealkylation sites (tertiary alicyclic amines) is 2. The molecule has 1 amide bonds. The zero-order valence-electron chi connectivity index (χ0n) is 16.8. The van der Waals surface area contributed by atoms with E-state index in [0.29, 0.717) is 29.3 Å². The monoisotopic (exact) mass is 383 g/mol. The summed E-state index contributed by atoms with van der Waals surface area (Å²) in [5.41, 5.74) is 0.563. The molecule has 0 spiro atoms. The molecule has 28 heavy (non-hydrogen) atoms. The average Bonchev–Trinajstić information content (AvgIpc) is 2.68. The van der Waals surface area contributed by atoms with Gasteiger partial charge in [-0.1, -0.05) is 31.2 Å². The van der Waals surface area contributed by atoms with E-state index in [1.807, 2.05) is 23.1 Å². The lowest BCUT2D eigenvalue weighted by Crippen LogP contribution is -2.48. The Labute approximate surface area is 165 Å². The number of aromatic nitrogens is 3. The zero-order valence-corrected chi connectivity index (χ0v) is 16.8. The Kier molecular flexibility index (Phi) is 5.44. The summed E-state index contributed by atoms with van der Waals surface area (Å²) in [4.78, 5) is 29.7. The third-order valence-electron chi connectivity index (χ3n) is 6.07. The van der Waals surface area contributed by atoms with Crippen molar-refractivity contribution in [2.75, 3.05) is 32.7 Å². The molecule has 2 atom stereocenters. The SMILES string of the molecule is C[C@H]1C[C@H](C)CN(C(=O)CN2CCC(n3nnc4ccccc4c3=O)CC2)C1. The van der Waals surface area contributed by atoms with Gasteiger partial charge in [-0.25, -0.2) is 4.68 Å². The first-order valence-electron chi connectivity index (χ1n) is 10.4. The van der Waals surface area contributed by atoms with Gasteiger partial charge in [0, 0.05) is 26.2 Å². The molecule has 0 N–H and O–H groups in total. The summed E-state index contributed by atoms with van der Waals surface area (Å²) in [5.74, 6) is 1.40. The number of benzene rings is 1. The van der Waals surface area contributed by atoms with Crippen molar-refractivity contribution in [1.82, 2.24) is 24.8 Å². The minimum absolute atomic E-state index is 0.0472. The molecule has 150 valence electrons. The molecule has 0 unspecified atom stereocenters. The van der Waals surface area contributed by atoms with E-state index in [1.165, 1.54) is 11.1 Å². The van der Waals surface area contributed by atoms with Crippen molar-refractivity contribution in [3.63, 3.8) is 0 Å². The van der Waals surface area contributed by atoms with E-state index in [2.05, 4.69) is 29.1 Å². The molecular weight excluding hydrogens is 354 g/mol. The van der Waals surface area contributed by atoms with Crippen LogP contribution in [0.1, 0.15) is 39.2 Å². The Morgan fingerprint density at radius 2 is 1.79 bits per heavy atom. The first kappa shape index (κ1) is 19.1. The normalized spacial score (nSPS) is 24.6. The van der Waals surface area contributed by atoms with Gasteiger partial charge < -0.3 is 4.90 Å². The molecule has 2 aromatic rings. The molecule has 0 saturated carbocycles. The summed E-state index contributed by atoms with van der Waals surface area (Å²) in [6.45, 7) is 8.29. The molecule has 0 bridgehead atoms. The van der Waals surface area contributed by atoms with Gasteiger partial charge in [-0.2, -0.15) is 0 Å². The molecule has 2 saturated heterocycles. The third-order valence-corrected chi connectivity index (χ3v) is 6.07. The highest BCUT2D eigenvalue weighted by Gasteiger charge is 2.28. The first-order valence-corrected chi connectivity index (χ1v) is 10.4. The fourth-order valence-corrected chi connectivity index (χ4v) is 4.72. The van der Waals surface area contributed by atoms with Crippen LogP contribution < -0.4 is 5.56 Å². The Morgan fingerprint density at radius 3 is 2.50 bits per heavy atom. The van der Waals surface area contributed by atoms with E-state index in [1.54, 1.807) is 6.07 Å². The molecule has 2 aliphatic heterocycles. The summed E-state index contributed by atoms with van der Waals surface area (Å²) in [6, 6.07) is 7.37. The van der Waals surface area contributed by atoms with Gasteiger partial charge in [0.2, 0.25) is 5.91 Å². The number of hydrogen-bond donors (Lipinski definition) is 0. The van der Waals surface area contributed by atoms with Crippen molar-refractivity contribution in [2.45, 2.75) is 39.2 Å². The molecule has 7 nitrogen and oxygen atoms in total. The van der Waals surface area contributed by atoms with Crippen LogP contribution in [-0.2, 0) is 4.79 Å². The van der Waals surface area contributed by atoms with E-state index in [4.69, 9.17) is 0 Å². The molecule has 1 aromatic carbocycles. The van der Waals surface area contributed by atoms with Gasteiger partial charge in [-0.05, 0) is 43.2 Å². The lowest BCUT2D eigenvalue weighted by atomic mass is 9.92. The highest BCUT2D eigenvalue weighted by atomic mass is 16.2. The van der Waals surface area contributed by atoms with Gasteiger partial charge in [-0.15, -0.1) is 5.10 Å². The molecule has 2 aliphatic rings. The predicted octanol–water partition coefficient (Wildman–Crippen LogP) is 1.93. The van der Waals surface area contributed by atoms with Crippen LogP contribution >= 0.6 is 0 Å². The number of hydrogen-bond acceptors (Lipinski definition) is 5. The third kappa shape index (κ3) is 3.94. The quantitative estimate of drug-likeness (QED) is 0.810. The number of fused-ring (bicyclic) bond motifs is 1. The van der Waals surface area contributed by atoms with Crippen LogP contribution in [0.3, 0.4) is 0 Å². The second-order valence-corrected chi connectivity index (χ2v) is 8.61. The van der Waals surface area contributed by atoms with Crippen LogP contribution in [0.25, 0.3) is 10.9 Å². The van der Waals surface area contributed by atoms with Crippen molar-refractivity contribution >= 4 is 16.8 Å². The van der Waals surface area contributed by atoms with Crippen LogP contribution in [0.15, 0.2) is 29.1 Å². The van der Waals surface area contributed by atoms with Crippen LogP contribution in [-0.4, -0.2) is 63.4 Å². The minimum atomic E-state index is -0.0728. The Bertz CT molecular complexity index is 893. The second-order valence-electron chi connectivity index (χ2n) is 8.61. The summed E-state index contributed by atoms with van der Waals surface area (Å²) in [7, 11) is 0. The van der Waals surface area contributed by atoms with Crippen molar-refractivity contribution in [1.29, 1.82) is 0 Å². The van der Waals surface area contributed by atoms with E-state index in [0.717, 1.165) is 39.0 Å². The standard InChI is InChI=1S/C21H29N5O2/c1-15-11-16(2)13-25(12-15)20(27)14-24-9-7-17(8-10-24)26-21(28)18-5-3-4-6-19(18)22-23-26/h3-6,15-17H,7-14H2,1-2H3/t15-,16-/m0/s1. The number of amides is 1. The Morgan fingerprint density at radius 1 is 1.11 bits per heavy atom. The van der Waals surface area contributed by atoms with E-state index < -0.39 is 0 Å². The molecule has 3 heterocycles. The number of nitrogens with zero attached hydrogens (tertiary/aromatic N) is 5. The van der Waals surface area contributed by atoms with Gasteiger partial charge >= 0.3 is 0 Å². The maximum atomic E-state index is 12.7. The molecule has 7 heteroatoms. The van der Waals surface area contributed by atoms with E-state index >= 15 is 0 Å². The maximum absolute atomic E-state index is 12.7. The summed E-state index contributed by atoms with van der Waals surface area (Å²) < 4.78 is 1.54. The van der Waals surface area contributed by atoms with E-state index in [-0.39, 0.29) is 17.5 Å². The number of carbonyl (C=O) groups excluding carboxylic acids is 1. The van der Waals surface area contributed by atoms with Gasteiger partial charge in [0.25, 0.3) is 5.56 Å². The van der Waals surface area contributed by atoms with Crippen LogP contribution in [0.2, 0.25) is 0 Å². The lowest BCUT2D eigenvalue weighted by Gasteiger charge is -2.37. The summed E-state index contributed by atoms with van der Waals surface area (Å²) in [5, 5.41) is 8.98. The van der Waals surface area contributed by atoms with Crippen LogP contribution in [0, 0.1) is 11.8 Å². The molecular formula is C21H29N5O2. The lowest BCUT2D eigenvalue weighted by molar-refractivity contribution is -0.135. The van der Waals surface area contributed by atoms with Gasteiger partial charge in [0.05, 0.1) is 18.0 Å². The number of carbonyl (C=O) groups is 1. The second kappa shape index (κ2) is 7.99. The van der Waals surface area contributed by atoms with Crippen molar-refractivity contribution < 1.29 is 4.79 Å².